The number of ketones is 1. The molecule has 0 aliphatic rings. The molecule has 3 aromatic rings. The van der Waals surface area contributed by atoms with Crippen molar-refractivity contribution in [3.8, 4) is 0 Å². The van der Waals surface area contributed by atoms with Crippen LogP contribution in [0.5, 0.6) is 0 Å². The lowest BCUT2D eigenvalue weighted by Crippen LogP contribution is -2.08. The van der Waals surface area contributed by atoms with E-state index in [-0.39, 0.29) is 0 Å². The van der Waals surface area contributed by atoms with Crippen molar-refractivity contribution in [2.24, 2.45) is 0 Å². The maximum Gasteiger partial charge on any atom is 0.199 e. The highest BCUT2D eigenvalue weighted by Crippen LogP contribution is 2.23. The fourth-order valence-corrected chi connectivity index (χ4v) is 2.27. The monoisotopic (exact) mass is 268 g/mol. The van der Waals surface area contributed by atoms with E-state index in [9.17, 15) is 13.6 Å². The summed E-state index contributed by atoms with van der Waals surface area (Å²) < 4.78 is 27.5. The SMILES string of the molecule is O=C(c1c(F)cccc1F)c1cccc2ccccc12. The molecule has 0 atom stereocenters. The molecule has 20 heavy (non-hydrogen) atoms. The van der Waals surface area contributed by atoms with Gasteiger partial charge in [-0.05, 0) is 22.9 Å². The van der Waals surface area contributed by atoms with Gasteiger partial charge in [0.05, 0.1) is 5.56 Å². The van der Waals surface area contributed by atoms with E-state index in [1.165, 1.54) is 6.07 Å². The van der Waals surface area contributed by atoms with Gasteiger partial charge >= 0.3 is 0 Å². The number of hydrogen-bond donors (Lipinski definition) is 0. The van der Waals surface area contributed by atoms with E-state index in [4.69, 9.17) is 0 Å². The minimum atomic E-state index is -0.845. The van der Waals surface area contributed by atoms with Crippen molar-refractivity contribution >= 4 is 16.6 Å². The van der Waals surface area contributed by atoms with Gasteiger partial charge < -0.3 is 0 Å². The molecule has 0 saturated heterocycles. The molecule has 0 fully saturated rings. The zero-order valence-electron chi connectivity index (χ0n) is 10.4. The van der Waals surface area contributed by atoms with E-state index >= 15 is 0 Å². The molecule has 1 nitrogen and oxygen atoms in total. The first kappa shape index (κ1) is 12.5. The van der Waals surface area contributed by atoms with Crippen molar-refractivity contribution in [3.05, 3.63) is 83.4 Å². The highest BCUT2D eigenvalue weighted by Gasteiger charge is 2.20. The Morgan fingerprint density at radius 1 is 0.750 bits per heavy atom. The zero-order valence-corrected chi connectivity index (χ0v) is 10.4. The molecule has 0 amide bonds. The number of benzene rings is 3. The minimum absolute atomic E-state index is 0.298. The summed E-state index contributed by atoms with van der Waals surface area (Å²) in [5.41, 5.74) is -0.212. The lowest BCUT2D eigenvalue weighted by Gasteiger charge is -2.07. The molecule has 0 bridgehead atoms. The van der Waals surface area contributed by atoms with E-state index in [2.05, 4.69) is 0 Å². The number of halogens is 2. The van der Waals surface area contributed by atoms with Gasteiger partial charge in [-0.3, -0.25) is 4.79 Å². The first-order valence-corrected chi connectivity index (χ1v) is 6.15. The van der Waals surface area contributed by atoms with Crippen molar-refractivity contribution in [1.29, 1.82) is 0 Å². The van der Waals surface area contributed by atoms with Gasteiger partial charge in [0.25, 0.3) is 0 Å². The standard InChI is InChI=1S/C17H10F2O/c18-14-9-4-10-15(19)16(14)17(20)13-8-3-6-11-5-1-2-7-12(11)13/h1-10H. The molecule has 0 heterocycles. The second-order valence-corrected chi connectivity index (χ2v) is 4.45. The summed E-state index contributed by atoms with van der Waals surface area (Å²) in [5, 5.41) is 1.54. The Morgan fingerprint density at radius 3 is 2.10 bits per heavy atom. The van der Waals surface area contributed by atoms with Gasteiger partial charge in [-0.1, -0.05) is 48.5 Å². The molecule has 0 aromatic heterocycles. The Morgan fingerprint density at radius 2 is 1.35 bits per heavy atom. The number of rotatable bonds is 2. The van der Waals surface area contributed by atoms with Crippen molar-refractivity contribution < 1.29 is 13.6 Å². The average Bonchev–Trinajstić information content (AvgIpc) is 2.46. The summed E-state index contributed by atoms with van der Waals surface area (Å²) in [6.07, 6.45) is 0. The smallest absolute Gasteiger partial charge is 0.199 e. The van der Waals surface area contributed by atoms with Crippen LogP contribution in [0.2, 0.25) is 0 Å². The third-order valence-corrected chi connectivity index (χ3v) is 3.22. The van der Waals surface area contributed by atoms with Crippen LogP contribution in [0.3, 0.4) is 0 Å². The first-order chi connectivity index (χ1) is 9.68. The van der Waals surface area contributed by atoms with E-state index in [0.29, 0.717) is 10.9 Å². The van der Waals surface area contributed by atoms with Crippen LogP contribution in [0.4, 0.5) is 8.78 Å². The quantitative estimate of drug-likeness (QED) is 0.631. The van der Waals surface area contributed by atoms with Crippen molar-refractivity contribution in [2.75, 3.05) is 0 Å². The molecule has 0 saturated carbocycles. The average molecular weight is 268 g/mol. The summed E-state index contributed by atoms with van der Waals surface area (Å²) >= 11 is 0. The molecule has 0 radical (unpaired) electrons. The second-order valence-electron chi connectivity index (χ2n) is 4.45. The highest BCUT2D eigenvalue weighted by atomic mass is 19.1. The molecular weight excluding hydrogens is 258 g/mol. The van der Waals surface area contributed by atoms with Gasteiger partial charge in [0.1, 0.15) is 11.6 Å². The highest BCUT2D eigenvalue weighted by molar-refractivity contribution is 6.16. The fraction of sp³-hybridized carbons (Fsp3) is 0. The third kappa shape index (κ3) is 1.97. The molecule has 0 aliphatic heterocycles. The molecule has 0 aliphatic carbocycles. The first-order valence-electron chi connectivity index (χ1n) is 6.15. The Kier molecular flexibility index (Phi) is 3.03. The summed E-state index contributed by atoms with van der Waals surface area (Å²) in [6.45, 7) is 0. The van der Waals surface area contributed by atoms with E-state index in [0.717, 1.165) is 17.5 Å². The second kappa shape index (κ2) is 4.85. The van der Waals surface area contributed by atoms with Crippen LogP contribution in [-0.2, 0) is 0 Å². The van der Waals surface area contributed by atoms with Crippen LogP contribution < -0.4 is 0 Å². The maximum absolute atomic E-state index is 13.7. The van der Waals surface area contributed by atoms with Crippen molar-refractivity contribution in [3.63, 3.8) is 0 Å². The molecular formula is C17H10F2O. The number of hydrogen-bond acceptors (Lipinski definition) is 1. The molecule has 98 valence electrons. The Labute approximate surface area is 114 Å². The van der Waals surface area contributed by atoms with E-state index < -0.39 is 23.0 Å². The van der Waals surface area contributed by atoms with Crippen LogP contribution in [-0.4, -0.2) is 5.78 Å². The molecule has 0 N–H and O–H groups in total. The Bertz CT molecular complexity index is 783. The minimum Gasteiger partial charge on any atom is -0.288 e. The van der Waals surface area contributed by atoms with Gasteiger partial charge in [-0.15, -0.1) is 0 Å². The summed E-state index contributed by atoms with van der Waals surface area (Å²) in [4.78, 5) is 12.4. The van der Waals surface area contributed by atoms with Gasteiger partial charge in [0, 0.05) is 5.56 Å². The van der Waals surface area contributed by atoms with Crippen molar-refractivity contribution in [1.82, 2.24) is 0 Å². The predicted octanol–water partition coefficient (Wildman–Crippen LogP) is 4.35. The van der Waals surface area contributed by atoms with Gasteiger partial charge in [0.15, 0.2) is 5.78 Å². The summed E-state index contributed by atoms with van der Waals surface area (Å²) in [5.74, 6) is -2.33. The Balaban J connectivity index is 2.24. The molecule has 0 unspecified atom stereocenters. The topological polar surface area (TPSA) is 17.1 Å². The number of carbonyl (C=O) groups is 1. The zero-order chi connectivity index (χ0) is 14.1. The van der Waals surface area contributed by atoms with E-state index in [1.807, 2.05) is 18.2 Å². The van der Waals surface area contributed by atoms with Crippen LogP contribution in [0, 0.1) is 11.6 Å². The van der Waals surface area contributed by atoms with Crippen molar-refractivity contribution in [2.45, 2.75) is 0 Å². The van der Waals surface area contributed by atoms with Crippen LogP contribution in [0.25, 0.3) is 10.8 Å². The predicted molar refractivity (Wildman–Crippen MR) is 73.7 cm³/mol. The fourth-order valence-electron chi connectivity index (χ4n) is 2.27. The van der Waals surface area contributed by atoms with E-state index in [1.54, 1.807) is 24.3 Å². The number of carbonyl (C=O) groups excluding carboxylic acids is 1. The van der Waals surface area contributed by atoms with Crippen LogP contribution in [0.15, 0.2) is 60.7 Å². The number of fused-ring (bicyclic) bond motifs is 1. The molecule has 0 spiro atoms. The van der Waals surface area contributed by atoms with Crippen LogP contribution >= 0.6 is 0 Å². The molecule has 3 aromatic carbocycles. The Hall–Kier alpha value is -2.55. The largest absolute Gasteiger partial charge is 0.288 e. The maximum atomic E-state index is 13.7. The third-order valence-electron chi connectivity index (χ3n) is 3.22. The molecule has 3 heteroatoms. The lowest BCUT2D eigenvalue weighted by molar-refractivity contribution is 0.103. The molecule has 3 rings (SSSR count). The lowest BCUT2D eigenvalue weighted by atomic mass is 9.97. The van der Waals surface area contributed by atoms with Gasteiger partial charge in [-0.2, -0.15) is 0 Å². The van der Waals surface area contributed by atoms with Crippen LogP contribution in [0.1, 0.15) is 15.9 Å². The van der Waals surface area contributed by atoms with Gasteiger partial charge in [0.2, 0.25) is 0 Å². The summed E-state index contributed by atoms with van der Waals surface area (Å²) in [7, 11) is 0. The normalized spacial score (nSPS) is 10.7. The van der Waals surface area contributed by atoms with Gasteiger partial charge in [-0.25, -0.2) is 8.78 Å². The summed E-state index contributed by atoms with van der Waals surface area (Å²) in [6, 6.07) is 15.8.